The summed E-state index contributed by atoms with van der Waals surface area (Å²) in [6.07, 6.45) is 8.71. The number of nitrogens with zero attached hydrogens (tertiary/aromatic N) is 5. The van der Waals surface area contributed by atoms with Crippen LogP contribution in [0.1, 0.15) is 0 Å². The molecule has 0 fully saturated rings. The number of hydrogen-bond donors (Lipinski definition) is 0. The molecule has 3 aromatic rings. The quantitative estimate of drug-likeness (QED) is 0.514. The van der Waals surface area contributed by atoms with Gasteiger partial charge < -0.3 is 4.74 Å². The highest BCUT2D eigenvalue weighted by molar-refractivity contribution is 6.76. The molecule has 0 amide bonds. The molecule has 0 aliphatic heterocycles. The normalized spacial score (nSPS) is 12.0. The molecule has 3 rings (SSSR count). The standard InChI is InChI=1S/C16H21N5OSi/c1-23(2,3)5-4-22-12-21-16-14(10-20-21)6-13(9-19-16)15-7-17-11-18-8-15/h6-11H,4-5,12H2,1-3H3. The van der Waals surface area contributed by atoms with Crippen molar-refractivity contribution in [2.24, 2.45) is 0 Å². The molecule has 0 aliphatic carbocycles. The van der Waals surface area contributed by atoms with Gasteiger partial charge in [-0.15, -0.1) is 0 Å². The molecule has 0 atom stereocenters. The molecule has 7 heteroatoms. The third kappa shape index (κ3) is 3.99. The first-order valence-corrected chi connectivity index (χ1v) is 11.4. The zero-order chi connectivity index (χ0) is 16.3. The van der Waals surface area contributed by atoms with Crippen LogP contribution in [0.2, 0.25) is 25.7 Å². The predicted octanol–water partition coefficient (Wildman–Crippen LogP) is 3.20. The van der Waals surface area contributed by atoms with Crippen LogP contribution in [0.5, 0.6) is 0 Å². The summed E-state index contributed by atoms with van der Waals surface area (Å²) in [5.41, 5.74) is 2.76. The molecule has 0 unspecified atom stereocenters. The maximum Gasteiger partial charge on any atom is 0.160 e. The average molecular weight is 327 g/mol. The summed E-state index contributed by atoms with van der Waals surface area (Å²) in [5, 5.41) is 5.36. The van der Waals surface area contributed by atoms with E-state index in [2.05, 4.69) is 39.7 Å². The van der Waals surface area contributed by atoms with E-state index in [-0.39, 0.29) is 0 Å². The van der Waals surface area contributed by atoms with Crippen molar-refractivity contribution in [2.75, 3.05) is 6.61 Å². The van der Waals surface area contributed by atoms with E-state index in [0.29, 0.717) is 6.73 Å². The third-order valence-corrected chi connectivity index (χ3v) is 5.28. The predicted molar refractivity (Wildman–Crippen MR) is 92.7 cm³/mol. The first-order valence-electron chi connectivity index (χ1n) is 7.68. The van der Waals surface area contributed by atoms with Gasteiger partial charge in [0.05, 0.1) is 6.20 Å². The van der Waals surface area contributed by atoms with Gasteiger partial charge in [-0.05, 0) is 12.1 Å². The molecular weight excluding hydrogens is 306 g/mol. The molecule has 0 radical (unpaired) electrons. The average Bonchev–Trinajstić information content (AvgIpc) is 2.94. The van der Waals surface area contributed by atoms with Gasteiger partial charge in [0.25, 0.3) is 0 Å². The SMILES string of the molecule is C[Si](C)(C)CCOCn1ncc2cc(-c3cncnc3)cnc21. The Balaban J connectivity index is 1.72. The summed E-state index contributed by atoms with van der Waals surface area (Å²) in [4.78, 5) is 12.6. The van der Waals surface area contributed by atoms with Gasteiger partial charge in [0.1, 0.15) is 13.1 Å². The highest BCUT2D eigenvalue weighted by Crippen LogP contribution is 2.21. The van der Waals surface area contributed by atoms with Crippen LogP contribution >= 0.6 is 0 Å². The molecule has 0 saturated heterocycles. The van der Waals surface area contributed by atoms with Crippen LogP contribution in [-0.4, -0.2) is 39.4 Å². The molecule has 0 aliphatic rings. The minimum absolute atomic E-state index is 0.439. The Labute approximate surface area is 136 Å². The van der Waals surface area contributed by atoms with Crippen molar-refractivity contribution in [2.45, 2.75) is 32.4 Å². The summed E-state index contributed by atoms with van der Waals surface area (Å²) < 4.78 is 7.55. The summed E-state index contributed by atoms with van der Waals surface area (Å²) >= 11 is 0. The number of ether oxygens (including phenoxy) is 1. The summed E-state index contributed by atoms with van der Waals surface area (Å²) in [6, 6.07) is 3.20. The molecule has 0 N–H and O–H groups in total. The molecule has 23 heavy (non-hydrogen) atoms. The van der Waals surface area contributed by atoms with Gasteiger partial charge in [-0.3, -0.25) is 0 Å². The van der Waals surface area contributed by atoms with Crippen LogP contribution in [0.15, 0.2) is 37.2 Å². The van der Waals surface area contributed by atoms with Crippen molar-refractivity contribution >= 4 is 19.1 Å². The second kappa shape index (κ2) is 6.55. The van der Waals surface area contributed by atoms with Crippen LogP contribution in [0.4, 0.5) is 0 Å². The van der Waals surface area contributed by atoms with Crippen LogP contribution in [-0.2, 0) is 11.5 Å². The molecule has 3 aromatic heterocycles. The van der Waals surface area contributed by atoms with E-state index in [1.54, 1.807) is 17.1 Å². The van der Waals surface area contributed by atoms with Crippen molar-refractivity contribution in [3.05, 3.63) is 37.2 Å². The van der Waals surface area contributed by atoms with Crippen LogP contribution < -0.4 is 0 Å². The first-order chi connectivity index (χ1) is 11.0. The van der Waals surface area contributed by atoms with Crippen LogP contribution in [0.25, 0.3) is 22.2 Å². The monoisotopic (exact) mass is 327 g/mol. The van der Waals surface area contributed by atoms with Crippen molar-refractivity contribution < 1.29 is 4.74 Å². The highest BCUT2D eigenvalue weighted by Gasteiger charge is 2.12. The number of hydrogen-bond acceptors (Lipinski definition) is 5. The molecule has 0 aromatic carbocycles. The lowest BCUT2D eigenvalue weighted by Gasteiger charge is -2.15. The Morgan fingerprint density at radius 1 is 1.04 bits per heavy atom. The van der Waals surface area contributed by atoms with E-state index in [9.17, 15) is 0 Å². The first kappa shape index (κ1) is 15.8. The lowest BCUT2D eigenvalue weighted by molar-refractivity contribution is 0.0813. The van der Waals surface area contributed by atoms with Crippen molar-refractivity contribution in [1.82, 2.24) is 24.7 Å². The van der Waals surface area contributed by atoms with E-state index < -0.39 is 8.07 Å². The Bertz CT molecular complexity index is 782. The topological polar surface area (TPSA) is 65.7 Å². The lowest BCUT2D eigenvalue weighted by Crippen LogP contribution is -2.22. The summed E-state index contributed by atoms with van der Waals surface area (Å²) in [7, 11) is -1.06. The number of fused-ring (bicyclic) bond motifs is 1. The lowest BCUT2D eigenvalue weighted by atomic mass is 10.1. The molecule has 6 nitrogen and oxygen atoms in total. The van der Waals surface area contributed by atoms with Crippen molar-refractivity contribution in [3.63, 3.8) is 0 Å². The number of rotatable bonds is 6. The van der Waals surface area contributed by atoms with E-state index in [1.165, 1.54) is 6.33 Å². The zero-order valence-corrected chi connectivity index (χ0v) is 14.7. The Hall–Kier alpha value is -2.12. The van der Waals surface area contributed by atoms with E-state index in [1.807, 2.05) is 18.5 Å². The Kier molecular flexibility index (Phi) is 4.49. The van der Waals surface area contributed by atoms with Gasteiger partial charge in [-0.2, -0.15) is 5.10 Å². The number of aromatic nitrogens is 5. The minimum atomic E-state index is -1.06. The maximum atomic E-state index is 5.75. The van der Waals surface area contributed by atoms with Gasteiger partial charge >= 0.3 is 0 Å². The summed E-state index contributed by atoms with van der Waals surface area (Å²) in [5.74, 6) is 0. The smallest absolute Gasteiger partial charge is 0.160 e. The largest absolute Gasteiger partial charge is 0.359 e. The van der Waals surface area contributed by atoms with Crippen molar-refractivity contribution in [1.29, 1.82) is 0 Å². The van der Waals surface area contributed by atoms with Crippen molar-refractivity contribution in [3.8, 4) is 11.1 Å². The van der Waals surface area contributed by atoms with Crippen LogP contribution in [0, 0.1) is 0 Å². The molecule has 120 valence electrons. The van der Waals surface area contributed by atoms with Gasteiger partial charge in [0.2, 0.25) is 0 Å². The third-order valence-electron chi connectivity index (χ3n) is 3.58. The Morgan fingerprint density at radius 2 is 1.83 bits per heavy atom. The van der Waals surface area contributed by atoms with E-state index in [0.717, 1.165) is 34.8 Å². The molecule has 0 spiro atoms. The fourth-order valence-corrected chi connectivity index (χ4v) is 2.96. The summed E-state index contributed by atoms with van der Waals surface area (Å²) in [6.45, 7) is 8.24. The molecule has 0 bridgehead atoms. The van der Waals surface area contributed by atoms with Gasteiger partial charge in [-0.1, -0.05) is 19.6 Å². The fraction of sp³-hybridized carbons (Fsp3) is 0.375. The van der Waals surface area contributed by atoms with Crippen LogP contribution in [0.3, 0.4) is 0 Å². The zero-order valence-electron chi connectivity index (χ0n) is 13.7. The number of pyridine rings is 1. The van der Waals surface area contributed by atoms with E-state index in [4.69, 9.17) is 4.74 Å². The molecule has 3 heterocycles. The highest BCUT2D eigenvalue weighted by atomic mass is 28.3. The van der Waals surface area contributed by atoms with Gasteiger partial charge in [0, 0.05) is 49.8 Å². The second-order valence-electron chi connectivity index (χ2n) is 6.76. The van der Waals surface area contributed by atoms with Gasteiger partial charge in [-0.25, -0.2) is 19.6 Å². The molecule has 0 saturated carbocycles. The molecular formula is C16H21N5OSi. The second-order valence-corrected chi connectivity index (χ2v) is 12.4. The minimum Gasteiger partial charge on any atom is -0.359 e. The van der Waals surface area contributed by atoms with E-state index >= 15 is 0 Å². The maximum absolute atomic E-state index is 5.75. The Morgan fingerprint density at radius 3 is 2.57 bits per heavy atom. The van der Waals surface area contributed by atoms with Gasteiger partial charge in [0.15, 0.2) is 5.65 Å². The fourth-order valence-electron chi connectivity index (χ4n) is 2.20.